The predicted octanol–water partition coefficient (Wildman–Crippen LogP) is 1.50. The average Bonchev–Trinajstić information content (AvgIpc) is 2.89. The fraction of sp³-hybridized carbons (Fsp3) is 0.875. The number of carbonyl (C=O) groups is 2. The van der Waals surface area contributed by atoms with Crippen LogP contribution in [0.25, 0.3) is 0 Å². The SMILES string of the molecule is CC1CCNCC1NC(=O)C1CCCN1C(=O)OC(C)(C)C. The van der Waals surface area contributed by atoms with Gasteiger partial charge in [0.25, 0.3) is 0 Å². The number of carbonyl (C=O) groups excluding carboxylic acids is 2. The lowest BCUT2D eigenvalue weighted by Crippen LogP contribution is -2.55. The summed E-state index contributed by atoms with van der Waals surface area (Å²) in [5.41, 5.74) is -0.539. The molecule has 0 aromatic rings. The third kappa shape index (κ3) is 4.35. The van der Waals surface area contributed by atoms with E-state index in [-0.39, 0.29) is 18.0 Å². The Hall–Kier alpha value is -1.30. The monoisotopic (exact) mass is 311 g/mol. The Balaban J connectivity index is 1.94. The molecule has 6 nitrogen and oxygen atoms in total. The van der Waals surface area contributed by atoms with Crippen molar-refractivity contribution in [2.45, 2.75) is 64.6 Å². The minimum absolute atomic E-state index is 0.0519. The van der Waals surface area contributed by atoms with Crippen molar-refractivity contribution >= 4 is 12.0 Å². The molecule has 22 heavy (non-hydrogen) atoms. The zero-order valence-corrected chi connectivity index (χ0v) is 14.1. The van der Waals surface area contributed by atoms with E-state index < -0.39 is 11.6 Å². The van der Waals surface area contributed by atoms with E-state index in [0.717, 1.165) is 25.9 Å². The number of hydrogen-bond donors (Lipinski definition) is 2. The first-order chi connectivity index (χ1) is 10.3. The van der Waals surface area contributed by atoms with Gasteiger partial charge < -0.3 is 15.4 Å². The van der Waals surface area contributed by atoms with E-state index in [9.17, 15) is 9.59 Å². The summed E-state index contributed by atoms with van der Waals surface area (Å²) in [5.74, 6) is 0.408. The second kappa shape index (κ2) is 6.86. The van der Waals surface area contributed by atoms with Gasteiger partial charge in [-0.1, -0.05) is 6.92 Å². The number of rotatable bonds is 2. The van der Waals surface area contributed by atoms with Crippen LogP contribution in [0.3, 0.4) is 0 Å². The van der Waals surface area contributed by atoms with Gasteiger partial charge in [0.05, 0.1) is 0 Å². The van der Waals surface area contributed by atoms with Crippen molar-refractivity contribution in [3.8, 4) is 0 Å². The van der Waals surface area contributed by atoms with E-state index in [0.29, 0.717) is 18.9 Å². The molecule has 2 saturated heterocycles. The molecule has 0 aromatic carbocycles. The molecule has 0 spiro atoms. The molecule has 2 heterocycles. The van der Waals surface area contributed by atoms with E-state index >= 15 is 0 Å². The Morgan fingerprint density at radius 3 is 2.64 bits per heavy atom. The highest BCUT2D eigenvalue weighted by molar-refractivity contribution is 5.86. The quantitative estimate of drug-likeness (QED) is 0.811. The van der Waals surface area contributed by atoms with Crippen LogP contribution in [0.5, 0.6) is 0 Å². The lowest BCUT2D eigenvalue weighted by molar-refractivity contribution is -0.126. The van der Waals surface area contributed by atoms with Crippen LogP contribution in [0.4, 0.5) is 4.79 Å². The van der Waals surface area contributed by atoms with Gasteiger partial charge in [-0.15, -0.1) is 0 Å². The number of likely N-dealkylation sites (tertiary alicyclic amines) is 1. The van der Waals surface area contributed by atoms with Crippen molar-refractivity contribution in [3.05, 3.63) is 0 Å². The Morgan fingerprint density at radius 2 is 2.00 bits per heavy atom. The second-order valence-electron chi connectivity index (χ2n) is 7.42. The second-order valence-corrected chi connectivity index (χ2v) is 7.42. The normalized spacial score (nSPS) is 29.3. The average molecular weight is 311 g/mol. The van der Waals surface area contributed by atoms with Crippen molar-refractivity contribution in [1.82, 2.24) is 15.5 Å². The lowest BCUT2D eigenvalue weighted by Gasteiger charge is -2.33. The lowest BCUT2D eigenvalue weighted by atomic mass is 9.94. The van der Waals surface area contributed by atoms with Gasteiger partial charge in [0, 0.05) is 19.1 Å². The summed E-state index contributed by atoms with van der Waals surface area (Å²) < 4.78 is 5.41. The van der Waals surface area contributed by atoms with Crippen LogP contribution in [0.2, 0.25) is 0 Å². The number of nitrogens with one attached hydrogen (secondary N) is 2. The summed E-state index contributed by atoms with van der Waals surface area (Å²) in [4.78, 5) is 26.4. The molecule has 3 unspecified atom stereocenters. The maximum atomic E-state index is 12.6. The van der Waals surface area contributed by atoms with Gasteiger partial charge >= 0.3 is 6.09 Å². The molecule has 2 amide bonds. The molecule has 0 saturated carbocycles. The van der Waals surface area contributed by atoms with E-state index in [4.69, 9.17) is 4.74 Å². The fourth-order valence-corrected chi connectivity index (χ4v) is 3.04. The first-order valence-electron chi connectivity index (χ1n) is 8.28. The van der Waals surface area contributed by atoms with Gasteiger partial charge in [0.2, 0.25) is 5.91 Å². The van der Waals surface area contributed by atoms with Crippen LogP contribution in [-0.4, -0.2) is 54.2 Å². The van der Waals surface area contributed by atoms with Crippen LogP contribution in [0.1, 0.15) is 47.0 Å². The fourth-order valence-electron chi connectivity index (χ4n) is 3.04. The van der Waals surface area contributed by atoms with E-state index in [2.05, 4.69) is 17.6 Å². The van der Waals surface area contributed by atoms with E-state index in [1.165, 1.54) is 0 Å². The zero-order valence-electron chi connectivity index (χ0n) is 14.1. The van der Waals surface area contributed by atoms with Gasteiger partial charge in [-0.2, -0.15) is 0 Å². The van der Waals surface area contributed by atoms with Gasteiger partial charge in [0.1, 0.15) is 11.6 Å². The molecule has 6 heteroatoms. The third-order valence-corrected chi connectivity index (χ3v) is 4.34. The molecule has 3 atom stereocenters. The van der Waals surface area contributed by atoms with Crippen molar-refractivity contribution in [2.24, 2.45) is 5.92 Å². The molecular weight excluding hydrogens is 282 g/mol. The molecule has 0 bridgehead atoms. The Bertz CT molecular complexity index is 419. The number of hydrogen-bond acceptors (Lipinski definition) is 4. The van der Waals surface area contributed by atoms with Crippen LogP contribution >= 0.6 is 0 Å². The smallest absolute Gasteiger partial charge is 0.410 e. The largest absolute Gasteiger partial charge is 0.444 e. The molecule has 0 aromatic heterocycles. The molecule has 2 fully saturated rings. The van der Waals surface area contributed by atoms with Crippen LogP contribution in [0.15, 0.2) is 0 Å². The van der Waals surface area contributed by atoms with Gasteiger partial charge in [-0.25, -0.2) is 4.79 Å². The molecule has 2 rings (SSSR count). The maximum absolute atomic E-state index is 12.6. The van der Waals surface area contributed by atoms with Crippen molar-refractivity contribution in [3.63, 3.8) is 0 Å². The Kier molecular flexibility index (Phi) is 5.32. The maximum Gasteiger partial charge on any atom is 0.410 e. The molecule has 2 aliphatic heterocycles. The number of amides is 2. The molecule has 126 valence electrons. The molecule has 0 aliphatic carbocycles. The summed E-state index contributed by atoms with van der Waals surface area (Å²) in [7, 11) is 0. The van der Waals surface area contributed by atoms with Crippen LogP contribution in [-0.2, 0) is 9.53 Å². The summed E-state index contributed by atoms with van der Waals surface area (Å²) in [6.45, 7) is 10.1. The standard InChI is InChI=1S/C16H29N3O3/c1-11-7-8-17-10-12(11)18-14(20)13-6-5-9-19(13)15(21)22-16(2,3)4/h11-13,17H,5-10H2,1-4H3,(H,18,20). The van der Waals surface area contributed by atoms with Gasteiger partial charge in [0.15, 0.2) is 0 Å². The number of piperidine rings is 1. The molecule has 2 N–H and O–H groups in total. The highest BCUT2D eigenvalue weighted by Gasteiger charge is 2.37. The van der Waals surface area contributed by atoms with Gasteiger partial charge in [-0.3, -0.25) is 9.69 Å². The van der Waals surface area contributed by atoms with Crippen LogP contribution in [0, 0.1) is 5.92 Å². The van der Waals surface area contributed by atoms with Gasteiger partial charge in [-0.05, 0) is 52.5 Å². The summed E-state index contributed by atoms with van der Waals surface area (Å²) in [6, 6.07) is -0.258. The van der Waals surface area contributed by atoms with E-state index in [1.807, 2.05) is 20.8 Å². The number of ether oxygens (including phenoxy) is 1. The Morgan fingerprint density at radius 1 is 1.27 bits per heavy atom. The summed E-state index contributed by atoms with van der Waals surface area (Å²) in [5, 5.41) is 6.41. The minimum atomic E-state index is -0.539. The minimum Gasteiger partial charge on any atom is -0.444 e. The highest BCUT2D eigenvalue weighted by atomic mass is 16.6. The third-order valence-electron chi connectivity index (χ3n) is 4.34. The Labute approximate surface area is 132 Å². The van der Waals surface area contributed by atoms with Crippen LogP contribution < -0.4 is 10.6 Å². The summed E-state index contributed by atoms with van der Waals surface area (Å²) in [6.07, 6.45) is 2.22. The summed E-state index contributed by atoms with van der Waals surface area (Å²) >= 11 is 0. The predicted molar refractivity (Wildman–Crippen MR) is 84.5 cm³/mol. The van der Waals surface area contributed by atoms with Crippen molar-refractivity contribution in [1.29, 1.82) is 0 Å². The molecular formula is C16H29N3O3. The number of nitrogens with zero attached hydrogens (tertiary/aromatic N) is 1. The molecule has 2 aliphatic rings. The van der Waals surface area contributed by atoms with Crippen molar-refractivity contribution < 1.29 is 14.3 Å². The topological polar surface area (TPSA) is 70.7 Å². The van der Waals surface area contributed by atoms with E-state index in [1.54, 1.807) is 4.90 Å². The first-order valence-corrected chi connectivity index (χ1v) is 8.28. The first kappa shape index (κ1) is 17.1. The highest BCUT2D eigenvalue weighted by Crippen LogP contribution is 2.22. The molecule has 0 radical (unpaired) electrons. The zero-order chi connectivity index (χ0) is 16.3. The van der Waals surface area contributed by atoms with Crippen molar-refractivity contribution in [2.75, 3.05) is 19.6 Å².